The number of carbonyl (C=O) groups excluding carboxylic acids is 1. The van der Waals surface area contributed by atoms with Gasteiger partial charge in [-0.2, -0.15) is 0 Å². The standard InChI is InChI=1S/C24H41NO4Si/c1-22(2,3)28-21(27)25-17-20(29-30(7,8)23(4,5)6)16-24(25,18-26)15-14-19-12-10-9-11-13-19/h9-13,20,26H,14-18H2,1-8H3/t20-,24-/m0/s1. The number of carbonyl (C=O) groups is 1. The molecule has 1 fully saturated rings. The molecule has 2 rings (SSSR count). The van der Waals surface area contributed by atoms with Crippen LogP contribution in [0.4, 0.5) is 4.79 Å². The van der Waals surface area contributed by atoms with Crippen molar-refractivity contribution >= 4 is 14.4 Å². The maximum Gasteiger partial charge on any atom is 0.410 e. The Morgan fingerprint density at radius 2 is 1.77 bits per heavy atom. The minimum Gasteiger partial charge on any atom is -0.444 e. The van der Waals surface area contributed by atoms with Crippen molar-refractivity contribution in [3.63, 3.8) is 0 Å². The van der Waals surface area contributed by atoms with Gasteiger partial charge in [0.15, 0.2) is 8.32 Å². The second-order valence-corrected chi connectivity index (χ2v) is 15.9. The second kappa shape index (κ2) is 9.01. The number of nitrogens with zero attached hydrogens (tertiary/aromatic N) is 1. The first-order chi connectivity index (χ1) is 13.7. The summed E-state index contributed by atoms with van der Waals surface area (Å²) in [5, 5.41) is 10.6. The van der Waals surface area contributed by atoms with Gasteiger partial charge in [0.25, 0.3) is 0 Å². The van der Waals surface area contributed by atoms with E-state index in [-0.39, 0.29) is 23.8 Å². The van der Waals surface area contributed by atoms with Gasteiger partial charge in [0.05, 0.1) is 18.2 Å². The minimum atomic E-state index is -2.00. The smallest absolute Gasteiger partial charge is 0.410 e. The minimum absolute atomic E-state index is 0.0816. The van der Waals surface area contributed by atoms with Crippen molar-refractivity contribution < 1.29 is 19.1 Å². The molecule has 5 nitrogen and oxygen atoms in total. The van der Waals surface area contributed by atoms with Gasteiger partial charge < -0.3 is 14.3 Å². The Kier molecular flexibility index (Phi) is 7.48. The molecule has 1 aliphatic heterocycles. The predicted octanol–water partition coefficient (Wildman–Crippen LogP) is 5.38. The summed E-state index contributed by atoms with van der Waals surface area (Å²) in [4.78, 5) is 14.8. The molecular weight excluding hydrogens is 394 g/mol. The number of rotatable bonds is 6. The molecule has 0 aromatic heterocycles. The molecule has 0 spiro atoms. The summed E-state index contributed by atoms with van der Waals surface area (Å²) in [5.41, 5.74) is -0.0652. The molecule has 30 heavy (non-hydrogen) atoms. The zero-order valence-electron chi connectivity index (χ0n) is 20.1. The van der Waals surface area contributed by atoms with Crippen LogP contribution in [-0.2, 0) is 15.6 Å². The van der Waals surface area contributed by atoms with Gasteiger partial charge in [-0.05, 0) is 63.7 Å². The average Bonchev–Trinajstić information content (AvgIpc) is 2.97. The molecule has 2 atom stereocenters. The molecule has 0 radical (unpaired) electrons. The summed E-state index contributed by atoms with van der Waals surface area (Å²) in [6.07, 6.45) is 1.62. The third kappa shape index (κ3) is 6.08. The van der Waals surface area contributed by atoms with Gasteiger partial charge in [0.1, 0.15) is 5.60 Å². The van der Waals surface area contributed by atoms with E-state index in [4.69, 9.17) is 9.16 Å². The van der Waals surface area contributed by atoms with E-state index in [1.807, 2.05) is 39.0 Å². The Morgan fingerprint density at radius 3 is 2.27 bits per heavy atom. The molecule has 1 N–H and O–H groups in total. The van der Waals surface area contributed by atoms with Gasteiger partial charge in [0, 0.05) is 6.54 Å². The molecule has 170 valence electrons. The van der Waals surface area contributed by atoms with E-state index in [2.05, 4.69) is 46.0 Å². The fourth-order valence-electron chi connectivity index (χ4n) is 3.74. The van der Waals surface area contributed by atoms with Gasteiger partial charge in [-0.15, -0.1) is 0 Å². The highest BCUT2D eigenvalue weighted by molar-refractivity contribution is 6.74. The van der Waals surface area contributed by atoms with E-state index in [1.54, 1.807) is 4.90 Å². The lowest BCUT2D eigenvalue weighted by Crippen LogP contribution is -2.51. The first-order valence-electron chi connectivity index (χ1n) is 11.0. The number of amides is 1. The predicted molar refractivity (Wildman–Crippen MR) is 124 cm³/mol. The molecule has 1 saturated heterocycles. The molecular formula is C24H41NO4Si. The topological polar surface area (TPSA) is 59.0 Å². The SMILES string of the molecule is CC(C)(C)OC(=O)N1C[C@@H](O[Si](C)(C)C(C)(C)C)C[C@]1(CO)CCc1ccccc1. The van der Waals surface area contributed by atoms with Gasteiger partial charge >= 0.3 is 6.09 Å². The number of aliphatic hydroxyl groups excluding tert-OH is 1. The van der Waals surface area contributed by atoms with Crippen LogP contribution in [0.3, 0.4) is 0 Å². The second-order valence-electron chi connectivity index (χ2n) is 11.2. The molecule has 6 heteroatoms. The van der Waals surface area contributed by atoms with Crippen LogP contribution in [0.25, 0.3) is 0 Å². The number of ether oxygens (including phenoxy) is 1. The molecule has 0 aliphatic carbocycles. The van der Waals surface area contributed by atoms with E-state index in [9.17, 15) is 9.90 Å². The van der Waals surface area contributed by atoms with Crippen LogP contribution in [-0.4, -0.2) is 54.8 Å². The van der Waals surface area contributed by atoms with Gasteiger partial charge in [-0.3, -0.25) is 4.90 Å². The number of hydrogen-bond donors (Lipinski definition) is 1. The zero-order valence-corrected chi connectivity index (χ0v) is 21.1. The van der Waals surface area contributed by atoms with E-state index in [0.717, 1.165) is 6.42 Å². The lowest BCUT2D eigenvalue weighted by molar-refractivity contribution is -0.00694. The van der Waals surface area contributed by atoms with Gasteiger partial charge in [-0.25, -0.2) is 4.79 Å². The largest absolute Gasteiger partial charge is 0.444 e. The highest BCUT2D eigenvalue weighted by Gasteiger charge is 2.51. The highest BCUT2D eigenvalue weighted by atomic mass is 28.4. The Bertz CT molecular complexity index is 708. The summed E-state index contributed by atoms with van der Waals surface area (Å²) in [6, 6.07) is 10.2. The Hall–Kier alpha value is -1.37. The van der Waals surface area contributed by atoms with E-state index in [0.29, 0.717) is 19.4 Å². The van der Waals surface area contributed by atoms with Crippen molar-refractivity contribution in [2.75, 3.05) is 13.2 Å². The van der Waals surface area contributed by atoms with Crippen LogP contribution >= 0.6 is 0 Å². The van der Waals surface area contributed by atoms with Crippen molar-refractivity contribution in [2.45, 2.75) is 96.2 Å². The Labute approximate surface area is 183 Å². The zero-order chi connectivity index (χ0) is 22.8. The molecule has 1 aromatic carbocycles. The number of benzene rings is 1. The van der Waals surface area contributed by atoms with E-state index < -0.39 is 19.5 Å². The molecule has 0 saturated carbocycles. The summed E-state index contributed by atoms with van der Waals surface area (Å²) >= 11 is 0. The number of aliphatic hydroxyl groups is 1. The fraction of sp³-hybridized carbons (Fsp3) is 0.708. The van der Waals surface area contributed by atoms with Crippen LogP contribution in [0.2, 0.25) is 18.1 Å². The molecule has 1 heterocycles. The van der Waals surface area contributed by atoms with Crippen LogP contribution in [0.1, 0.15) is 59.9 Å². The average molecular weight is 436 g/mol. The van der Waals surface area contributed by atoms with E-state index >= 15 is 0 Å². The fourth-order valence-corrected chi connectivity index (χ4v) is 5.09. The Morgan fingerprint density at radius 1 is 1.17 bits per heavy atom. The third-order valence-corrected chi connectivity index (χ3v) is 11.0. The number of hydrogen-bond acceptors (Lipinski definition) is 4. The van der Waals surface area contributed by atoms with E-state index in [1.165, 1.54) is 5.56 Å². The van der Waals surface area contributed by atoms with Crippen LogP contribution in [0.15, 0.2) is 30.3 Å². The van der Waals surface area contributed by atoms with Crippen molar-refractivity contribution in [1.29, 1.82) is 0 Å². The maximum atomic E-state index is 13.1. The first-order valence-corrected chi connectivity index (χ1v) is 13.9. The molecule has 0 unspecified atom stereocenters. The monoisotopic (exact) mass is 435 g/mol. The maximum absolute atomic E-state index is 13.1. The molecule has 1 aliphatic rings. The lowest BCUT2D eigenvalue weighted by Gasteiger charge is -2.38. The van der Waals surface area contributed by atoms with Crippen LogP contribution < -0.4 is 0 Å². The Balaban J connectivity index is 2.27. The highest BCUT2D eigenvalue weighted by Crippen LogP contribution is 2.42. The number of likely N-dealkylation sites (tertiary alicyclic amines) is 1. The van der Waals surface area contributed by atoms with Crippen molar-refractivity contribution in [2.24, 2.45) is 0 Å². The third-order valence-electron chi connectivity index (χ3n) is 6.46. The number of aryl methyl sites for hydroxylation is 1. The summed E-state index contributed by atoms with van der Waals surface area (Å²) in [5.74, 6) is 0. The van der Waals surface area contributed by atoms with Crippen molar-refractivity contribution in [3.8, 4) is 0 Å². The summed E-state index contributed by atoms with van der Waals surface area (Å²) in [6.45, 7) is 17.1. The molecule has 1 amide bonds. The van der Waals surface area contributed by atoms with Crippen LogP contribution in [0, 0.1) is 0 Å². The normalized spacial score (nSPS) is 23.0. The molecule has 0 bridgehead atoms. The quantitative estimate of drug-likeness (QED) is 0.609. The van der Waals surface area contributed by atoms with Crippen molar-refractivity contribution in [3.05, 3.63) is 35.9 Å². The summed E-state index contributed by atoms with van der Waals surface area (Å²) in [7, 11) is -2.00. The van der Waals surface area contributed by atoms with Gasteiger partial charge in [-0.1, -0.05) is 51.1 Å². The van der Waals surface area contributed by atoms with Crippen molar-refractivity contribution in [1.82, 2.24) is 4.90 Å². The lowest BCUT2D eigenvalue weighted by atomic mass is 9.89. The molecule has 1 aromatic rings. The summed E-state index contributed by atoms with van der Waals surface area (Å²) < 4.78 is 12.4. The van der Waals surface area contributed by atoms with Gasteiger partial charge in [0.2, 0.25) is 0 Å². The first kappa shape index (κ1) is 24.9. The van der Waals surface area contributed by atoms with Crippen LogP contribution in [0.5, 0.6) is 0 Å².